The van der Waals surface area contributed by atoms with Gasteiger partial charge in [0.1, 0.15) is 0 Å². The van der Waals surface area contributed by atoms with Crippen LogP contribution in [0.3, 0.4) is 0 Å². The van der Waals surface area contributed by atoms with Crippen molar-refractivity contribution in [1.29, 1.82) is 0 Å². The third kappa shape index (κ3) is 3.76. The number of para-hydroxylation sites is 1. The van der Waals surface area contributed by atoms with E-state index in [0.29, 0.717) is 0 Å². The van der Waals surface area contributed by atoms with E-state index in [1.54, 1.807) is 18.3 Å². The lowest BCUT2D eigenvalue weighted by Gasteiger charge is -2.12. The minimum absolute atomic E-state index is 0.0711. The number of rotatable bonds is 4. The van der Waals surface area contributed by atoms with Gasteiger partial charge in [-0.3, -0.25) is 4.79 Å². The SMILES string of the molecule is CC(=O)Nc1ccccc1-c1c(-c2ccccc2)sc2ccc(-c3ccccc3)cc12. The van der Waals surface area contributed by atoms with Crippen LogP contribution in [0, 0.1) is 0 Å². The van der Waals surface area contributed by atoms with Crippen molar-refractivity contribution in [1.82, 2.24) is 0 Å². The molecule has 0 fully saturated rings. The summed E-state index contributed by atoms with van der Waals surface area (Å²) in [6.45, 7) is 1.55. The Labute approximate surface area is 185 Å². The predicted octanol–water partition coefficient (Wildman–Crippen LogP) is 7.86. The van der Waals surface area contributed by atoms with Gasteiger partial charge in [-0.05, 0) is 34.9 Å². The van der Waals surface area contributed by atoms with Gasteiger partial charge in [-0.15, -0.1) is 11.3 Å². The molecule has 5 rings (SSSR count). The number of carbonyl (C=O) groups is 1. The lowest BCUT2D eigenvalue weighted by atomic mass is 9.95. The van der Waals surface area contributed by atoms with Crippen LogP contribution >= 0.6 is 11.3 Å². The molecule has 0 aliphatic heterocycles. The third-order valence-electron chi connectivity index (χ3n) is 5.34. The van der Waals surface area contributed by atoms with Crippen molar-refractivity contribution in [2.24, 2.45) is 0 Å². The number of nitrogens with one attached hydrogen (secondary N) is 1. The third-order valence-corrected chi connectivity index (χ3v) is 6.56. The van der Waals surface area contributed by atoms with E-state index in [-0.39, 0.29) is 5.91 Å². The van der Waals surface area contributed by atoms with Crippen LogP contribution in [0.4, 0.5) is 5.69 Å². The topological polar surface area (TPSA) is 29.1 Å². The molecule has 31 heavy (non-hydrogen) atoms. The Balaban J connectivity index is 1.81. The van der Waals surface area contributed by atoms with Crippen molar-refractivity contribution in [2.75, 3.05) is 5.32 Å². The standard InChI is InChI=1S/C28H21NOS/c1-19(30)29-25-15-9-8-14-23(25)27-24-18-22(20-10-4-2-5-11-20)16-17-26(24)31-28(27)21-12-6-3-7-13-21/h2-18H,1H3,(H,29,30). The first-order valence-corrected chi connectivity index (χ1v) is 11.1. The van der Waals surface area contributed by atoms with E-state index in [4.69, 9.17) is 0 Å². The fraction of sp³-hybridized carbons (Fsp3) is 0.0357. The molecule has 0 atom stereocenters. The summed E-state index contributed by atoms with van der Waals surface area (Å²) in [6, 6.07) is 35.6. The highest BCUT2D eigenvalue weighted by Crippen LogP contribution is 2.47. The van der Waals surface area contributed by atoms with E-state index in [1.165, 1.54) is 31.7 Å². The highest BCUT2D eigenvalue weighted by Gasteiger charge is 2.19. The molecule has 0 bridgehead atoms. The second kappa shape index (κ2) is 8.21. The highest BCUT2D eigenvalue weighted by molar-refractivity contribution is 7.23. The average molecular weight is 420 g/mol. The van der Waals surface area contributed by atoms with E-state index in [0.717, 1.165) is 16.8 Å². The zero-order valence-corrected chi connectivity index (χ0v) is 17.9. The van der Waals surface area contributed by atoms with Gasteiger partial charge < -0.3 is 5.32 Å². The number of hydrogen-bond donors (Lipinski definition) is 1. The Morgan fingerprint density at radius 3 is 2.06 bits per heavy atom. The maximum Gasteiger partial charge on any atom is 0.221 e. The zero-order chi connectivity index (χ0) is 21.2. The first-order valence-electron chi connectivity index (χ1n) is 10.2. The summed E-state index contributed by atoms with van der Waals surface area (Å²) in [6.07, 6.45) is 0. The fourth-order valence-electron chi connectivity index (χ4n) is 3.97. The van der Waals surface area contributed by atoms with Crippen molar-refractivity contribution in [3.63, 3.8) is 0 Å². The average Bonchev–Trinajstić information content (AvgIpc) is 3.19. The van der Waals surface area contributed by atoms with Gasteiger partial charge in [-0.25, -0.2) is 0 Å². The van der Waals surface area contributed by atoms with E-state index < -0.39 is 0 Å². The summed E-state index contributed by atoms with van der Waals surface area (Å²) in [5, 5.41) is 4.21. The quantitative estimate of drug-likeness (QED) is 0.316. The number of anilines is 1. The van der Waals surface area contributed by atoms with Crippen LogP contribution in [-0.2, 0) is 4.79 Å². The summed E-state index contributed by atoms with van der Waals surface area (Å²) >= 11 is 1.79. The van der Waals surface area contributed by atoms with E-state index in [9.17, 15) is 4.79 Å². The zero-order valence-electron chi connectivity index (χ0n) is 17.1. The van der Waals surface area contributed by atoms with Crippen molar-refractivity contribution < 1.29 is 4.79 Å². The lowest BCUT2D eigenvalue weighted by molar-refractivity contribution is -0.114. The molecule has 0 aliphatic carbocycles. The van der Waals surface area contributed by atoms with Gasteiger partial charge in [-0.1, -0.05) is 84.9 Å². The molecule has 1 aromatic heterocycles. The van der Waals surface area contributed by atoms with E-state index in [2.05, 4.69) is 78.1 Å². The molecule has 1 N–H and O–H groups in total. The highest BCUT2D eigenvalue weighted by atomic mass is 32.1. The van der Waals surface area contributed by atoms with Crippen LogP contribution in [-0.4, -0.2) is 5.91 Å². The number of thiophene rings is 1. The van der Waals surface area contributed by atoms with Crippen LogP contribution in [0.2, 0.25) is 0 Å². The van der Waals surface area contributed by atoms with Gasteiger partial charge in [0.25, 0.3) is 0 Å². The summed E-state index contributed by atoms with van der Waals surface area (Å²) in [4.78, 5) is 13.1. The number of benzene rings is 4. The maximum absolute atomic E-state index is 11.9. The maximum atomic E-state index is 11.9. The Hall–Kier alpha value is -3.69. The molecular formula is C28H21NOS. The Morgan fingerprint density at radius 2 is 1.35 bits per heavy atom. The molecule has 2 nitrogen and oxygen atoms in total. The van der Waals surface area contributed by atoms with Crippen molar-refractivity contribution in [3.05, 3.63) is 103 Å². The molecule has 5 aromatic rings. The number of fused-ring (bicyclic) bond motifs is 1. The molecule has 1 amide bonds. The summed E-state index contributed by atoms with van der Waals surface area (Å²) in [5.41, 5.74) is 6.58. The molecule has 0 spiro atoms. The first-order chi connectivity index (χ1) is 15.2. The van der Waals surface area contributed by atoms with Crippen LogP contribution in [0.1, 0.15) is 6.92 Å². The number of hydrogen-bond acceptors (Lipinski definition) is 2. The van der Waals surface area contributed by atoms with Crippen molar-refractivity contribution >= 4 is 33.0 Å². The predicted molar refractivity (Wildman–Crippen MR) is 132 cm³/mol. The molecule has 0 radical (unpaired) electrons. The lowest BCUT2D eigenvalue weighted by Crippen LogP contribution is -2.06. The Morgan fingerprint density at radius 1 is 0.710 bits per heavy atom. The normalized spacial score (nSPS) is 10.9. The molecule has 0 saturated carbocycles. The van der Waals surface area contributed by atoms with Gasteiger partial charge >= 0.3 is 0 Å². The molecule has 150 valence electrons. The molecule has 1 heterocycles. The van der Waals surface area contributed by atoms with Gasteiger partial charge in [0.15, 0.2) is 0 Å². The van der Waals surface area contributed by atoms with Crippen LogP contribution in [0.5, 0.6) is 0 Å². The van der Waals surface area contributed by atoms with Gasteiger partial charge in [0.05, 0.1) is 0 Å². The van der Waals surface area contributed by atoms with Gasteiger partial charge in [-0.2, -0.15) is 0 Å². The van der Waals surface area contributed by atoms with E-state index in [1.807, 2.05) is 30.3 Å². The summed E-state index contributed by atoms with van der Waals surface area (Å²) in [5.74, 6) is -0.0711. The monoisotopic (exact) mass is 419 g/mol. The second-order valence-electron chi connectivity index (χ2n) is 7.48. The summed E-state index contributed by atoms with van der Waals surface area (Å²) in [7, 11) is 0. The van der Waals surface area contributed by atoms with E-state index >= 15 is 0 Å². The minimum atomic E-state index is -0.0711. The van der Waals surface area contributed by atoms with Gasteiger partial charge in [0.2, 0.25) is 5.91 Å². The fourth-order valence-corrected chi connectivity index (χ4v) is 5.17. The van der Waals surface area contributed by atoms with Gasteiger partial charge in [0, 0.05) is 38.7 Å². The molecular weight excluding hydrogens is 398 g/mol. The molecule has 0 saturated heterocycles. The smallest absolute Gasteiger partial charge is 0.221 e. The molecule has 3 heteroatoms. The number of amides is 1. The Bertz CT molecular complexity index is 1370. The molecule has 4 aromatic carbocycles. The first kappa shape index (κ1) is 19.3. The van der Waals surface area contributed by atoms with Crippen LogP contribution < -0.4 is 5.32 Å². The minimum Gasteiger partial charge on any atom is -0.326 e. The molecule has 0 aliphatic rings. The van der Waals surface area contributed by atoms with Crippen molar-refractivity contribution in [2.45, 2.75) is 6.92 Å². The largest absolute Gasteiger partial charge is 0.326 e. The van der Waals surface area contributed by atoms with Crippen molar-refractivity contribution in [3.8, 4) is 32.7 Å². The second-order valence-corrected chi connectivity index (χ2v) is 8.53. The van der Waals surface area contributed by atoms with Crippen LogP contribution in [0.25, 0.3) is 42.8 Å². The van der Waals surface area contributed by atoms with Crippen LogP contribution in [0.15, 0.2) is 103 Å². The summed E-state index contributed by atoms with van der Waals surface area (Å²) < 4.78 is 1.23. The number of carbonyl (C=O) groups excluding carboxylic acids is 1. The Kier molecular flexibility index (Phi) is 5.11. The molecule has 0 unspecified atom stereocenters.